The maximum atomic E-state index is 11.7. The number of aromatic amines is 1. The number of benzene rings is 3. The van der Waals surface area contributed by atoms with Crippen LogP contribution >= 0.6 is 0 Å². The van der Waals surface area contributed by atoms with Crippen molar-refractivity contribution in [1.29, 1.82) is 0 Å². The Balaban J connectivity index is 2.12. The van der Waals surface area contributed by atoms with Gasteiger partial charge in [-0.3, -0.25) is 10.2 Å². The van der Waals surface area contributed by atoms with E-state index in [1.807, 2.05) is 35.8 Å². The Morgan fingerprint density at radius 2 is 1.86 bits per heavy atom. The van der Waals surface area contributed by atoms with Gasteiger partial charge in [-0.2, -0.15) is 0 Å². The fraction of sp³-hybridized carbons (Fsp3) is 0. The van der Waals surface area contributed by atoms with Gasteiger partial charge in [-0.05, 0) is 23.6 Å². The van der Waals surface area contributed by atoms with Crippen LogP contribution in [0.1, 0.15) is 10.4 Å². The highest BCUT2D eigenvalue weighted by atomic mass is 16.3. The van der Waals surface area contributed by atoms with Crippen LogP contribution in [0.25, 0.3) is 32.6 Å². The summed E-state index contributed by atoms with van der Waals surface area (Å²) in [5.41, 5.74) is 4.17. The summed E-state index contributed by atoms with van der Waals surface area (Å²) in [7, 11) is 0. The predicted octanol–water partition coefficient (Wildman–Crippen LogP) is 2.78. The minimum atomic E-state index is -0.517. The van der Waals surface area contributed by atoms with Crippen LogP contribution in [-0.2, 0) is 0 Å². The average molecular weight is 291 g/mol. The van der Waals surface area contributed by atoms with Gasteiger partial charge in [0.25, 0.3) is 5.91 Å². The number of hydrogen-bond donors (Lipinski definition) is 4. The van der Waals surface area contributed by atoms with Gasteiger partial charge in [-0.1, -0.05) is 30.3 Å². The van der Waals surface area contributed by atoms with E-state index >= 15 is 0 Å². The lowest BCUT2D eigenvalue weighted by atomic mass is 10.0. The van der Waals surface area contributed by atoms with Crippen molar-refractivity contribution in [3.63, 3.8) is 0 Å². The molecular weight excluding hydrogens is 278 g/mol. The van der Waals surface area contributed by atoms with Crippen LogP contribution < -0.4 is 11.3 Å². The second-order valence-corrected chi connectivity index (χ2v) is 5.22. The van der Waals surface area contributed by atoms with E-state index in [0.29, 0.717) is 0 Å². The number of nitrogens with one attached hydrogen (secondary N) is 2. The van der Waals surface area contributed by atoms with E-state index < -0.39 is 5.91 Å². The Morgan fingerprint density at radius 3 is 2.68 bits per heavy atom. The molecule has 5 nitrogen and oxygen atoms in total. The van der Waals surface area contributed by atoms with Gasteiger partial charge in [-0.25, -0.2) is 5.84 Å². The molecule has 22 heavy (non-hydrogen) atoms. The number of hydrogen-bond acceptors (Lipinski definition) is 3. The molecule has 0 fully saturated rings. The number of aromatic nitrogens is 1. The maximum absolute atomic E-state index is 11.7. The Labute approximate surface area is 125 Å². The van der Waals surface area contributed by atoms with Gasteiger partial charge in [0.2, 0.25) is 0 Å². The van der Waals surface area contributed by atoms with Crippen LogP contribution in [0.2, 0.25) is 0 Å². The summed E-state index contributed by atoms with van der Waals surface area (Å²) in [5, 5.41) is 14.0. The molecule has 0 saturated carbocycles. The van der Waals surface area contributed by atoms with Crippen molar-refractivity contribution in [2.75, 3.05) is 0 Å². The van der Waals surface area contributed by atoms with E-state index in [4.69, 9.17) is 5.84 Å². The van der Waals surface area contributed by atoms with Gasteiger partial charge in [0.1, 0.15) is 5.75 Å². The van der Waals surface area contributed by atoms with Crippen molar-refractivity contribution in [3.8, 4) is 5.75 Å². The van der Waals surface area contributed by atoms with Crippen LogP contribution in [-0.4, -0.2) is 16.0 Å². The number of phenolic OH excluding ortho intramolecular Hbond substituents is 1. The van der Waals surface area contributed by atoms with E-state index in [0.717, 1.165) is 32.6 Å². The number of carbonyl (C=O) groups is 1. The molecule has 1 amide bonds. The van der Waals surface area contributed by atoms with Crippen molar-refractivity contribution >= 4 is 38.5 Å². The Kier molecular flexibility index (Phi) is 2.58. The molecule has 108 valence electrons. The third-order valence-electron chi connectivity index (χ3n) is 3.99. The van der Waals surface area contributed by atoms with Gasteiger partial charge in [0, 0.05) is 21.7 Å². The van der Waals surface area contributed by atoms with Crippen molar-refractivity contribution in [2.24, 2.45) is 5.84 Å². The second kappa shape index (κ2) is 4.47. The number of para-hydroxylation sites is 1. The highest BCUT2D eigenvalue weighted by Gasteiger charge is 2.14. The van der Waals surface area contributed by atoms with Gasteiger partial charge in [-0.15, -0.1) is 0 Å². The average Bonchev–Trinajstić information content (AvgIpc) is 2.92. The molecule has 5 heteroatoms. The number of hydrazine groups is 1. The van der Waals surface area contributed by atoms with Crippen molar-refractivity contribution in [1.82, 2.24) is 10.4 Å². The number of amides is 1. The summed E-state index contributed by atoms with van der Waals surface area (Å²) >= 11 is 0. The number of fused-ring (bicyclic) bond motifs is 5. The Morgan fingerprint density at radius 1 is 1.05 bits per heavy atom. The quantitative estimate of drug-likeness (QED) is 0.247. The normalized spacial score (nSPS) is 11.3. The molecule has 0 spiro atoms. The van der Waals surface area contributed by atoms with Crippen LogP contribution in [0.3, 0.4) is 0 Å². The van der Waals surface area contributed by atoms with Crippen molar-refractivity contribution in [2.45, 2.75) is 0 Å². The topological polar surface area (TPSA) is 91.1 Å². The number of rotatable bonds is 1. The summed E-state index contributed by atoms with van der Waals surface area (Å²) in [5.74, 6) is 4.53. The largest absolute Gasteiger partial charge is 0.507 e. The SMILES string of the molecule is NNC(=O)c1cc2ccc3c4ccccc4[nH]c3c2cc1O. The third kappa shape index (κ3) is 1.66. The van der Waals surface area contributed by atoms with Crippen molar-refractivity contribution < 1.29 is 9.90 Å². The summed E-state index contributed by atoms with van der Waals surface area (Å²) in [4.78, 5) is 15.1. The van der Waals surface area contributed by atoms with Crippen LogP contribution in [0.15, 0.2) is 48.5 Å². The van der Waals surface area contributed by atoms with Crippen molar-refractivity contribution in [3.05, 3.63) is 54.1 Å². The standard InChI is InChI=1S/C17H13N3O2/c18-20-17(22)13-7-9-5-6-11-10-3-1-2-4-14(10)19-16(11)12(9)8-15(13)21/h1-8,19,21H,18H2,(H,20,22). The van der Waals surface area contributed by atoms with E-state index in [2.05, 4.69) is 11.1 Å². The molecule has 0 aliphatic carbocycles. The molecule has 0 aliphatic rings. The van der Waals surface area contributed by atoms with Gasteiger partial charge in [0.15, 0.2) is 0 Å². The summed E-state index contributed by atoms with van der Waals surface area (Å²) < 4.78 is 0. The summed E-state index contributed by atoms with van der Waals surface area (Å²) in [6, 6.07) is 15.2. The minimum absolute atomic E-state index is 0.0957. The number of carbonyl (C=O) groups excluding carboxylic acids is 1. The van der Waals surface area contributed by atoms with E-state index in [1.54, 1.807) is 12.1 Å². The van der Waals surface area contributed by atoms with Gasteiger partial charge < -0.3 is 10.1 Å². The highest BCUT2D eigenvalue weighted by molar-refractivity contribution is 6.18. The van der Waals surface area contributed by atoms with E-state index in [9.17, 15) is 9.90 Å². The first-order valence-corrected chi connectivity index (χ1v) is 6.86. The zero-order valence-electron chi connectivity index (χ0n) is 11.6. The molecule has 0 unspecified atom stereocenters. The third-order valence-corrected chi connectivity index (χ3v) is 3.99. The molecule has 1 heterocycles. The fourth-order valence-electron chi connectivity index (χ4n) is 2.94. The van der Waals surface area contributed by atoms with Crippen LogP contribution in [0.5, 0.6) is 5.75 Å². The second-order valence-electron chi connectivity index (χ2n) is 5.22. The number of aromatic hydroxyl groups is 1. The lowest BCUT2D eigenvalue weighted by molar-refractivity contribution is 0.0951. The smallest absolute Gasteiger partial charge is 0.268 e. The summed E-state index contributed by atoms with van der Waals surface area (Å²) in [6.07, 6.45) is 0. The van der Waals surface area contributed by atoms with Crippen LogP contribution in [0.4, 0.5) is 0 Å². The molecule has 1 aromatic heterocycles. The lowest BCUT2D eigenvalue weighted by Crippen LogP contribution is -2.30. The zero-order valence-corrected chi connectivity index (χ0v) is 11.6. The molecule has 0 saturated heterocycles. The molecule has 0 atom stereocenters. The lowest BCUT2D eigenvalue weighted by Gasteiger charge is -2.06. The maximum Gasteiger partial charge on any atom is 0.268 e. The molecule has 3 aromatic carbocycles. The molecule has 5 N–H and O–H groups in total. The monoisotopic (exact) mass is 291 g/mol. The minimum Gasteiger partial charge on any atom is -0.507 e. The number of phenols is 1. The zero-order chi connectivity index (χ0) is 15.3. The molecule has 0 aliphatic heterocycles. The van der Waals surface area contributed by atoms with Gasteiger partial charge in [0.05, 0.1) is 11.1 Å². The Hall–Kier alpha value is -3.05. The van der Waals surface area contributed by atoms with E-state index in [1.165, 1.54) is 0 Å². The predicted molar refractivity (Wildman–Crippen MR) is 86.6 cm³/mol. The summed E-state index contributed by atoms with van der Waals surface area (Å²) in [6.45, 7) is 0. The molecule has 0 bridgehead atoms. The first-order valence-electron chi connectivity index (χ1n) is 6.86. The first kappa shape index (κ1) is 12.7. The molecule has 4 rings (SSSR count). The molecular formula is C17H13N3O2. The van der Waals surface area contributed by atoms with Crippen LogP contribution in [0, 0.1) is 0 Å². The number of H-pyrrole nitrogens is 1. The van der Waals surface area contributed by atoms with E-state index in [-0.39, 0.29) is 11.3 Å². The first-order chi connectivity index (χ1) is 10.7. The fourth-order valence-corrected chi connectivity index (χ4v) is 2.94. The number of nitrogens with two attached hydrogens (primary N) is 1. The highest BCUT2D eigenvalue weighted by Crippen LogP contribution is 2.34. The number of nitrogen functional groups attached to an aromatic ring is 1. The Bertz CT molecular complexity index is 1050. The molecule has 0 radical (unpaired) electrons. The molecule has 4 aromatic rings. The van der Waals surface area contributed by atoms with Gasteiger partial charge >= 0.3 is 0 Å².